The normalized spacial score (nSPS) is 12.5. The molecule has 1 unspecified atom stereocenters. The highest BCUT2D eigenvalue weighted by atomic mass is 16.5. The highest BCUT2D eigenvalue weighted by Crippen LogP contribution is 2.13. The number of rotatable bonds is 14. The van der Waals surface area contributed by atoms with Crippen molar-refractivity contribution in [3.05, 3.63) is 12.2 Å². The van der Waals surface area contributed by atoms with Gasteiger partial charge in [0.05, 0.1) is 0 Å². The molecule has 128 valence electrons. The van der Waals surface area contributed by atoms with Crippen LogP contribution in [0.3, 0.4) is 0 Å². The van der Waals surface area contributed by atoms with Crippen LogP contribution in [0.15, 0.2) is 12.2 Å². The van der Waals surface area contributed by atoms with Gasteiger partial charge in [0.15, 0.2) is 0 Å². The number of carbonyl (C=O) groups excluding carboxylic acids is 2. The SMILES string of the molecule is CCC(CCCCCCC/C=C/CCCC(C)=O)OC(C)=O. The van der Waals surface area contributed by atoms with E-state index in [-0.39, 0.29) is 17.9 Å². The summed E-state index contributed by atoms with van der Waals surface area (Å²) in [4.78, 5) is 21.7. The summed E-state index contributed by atoms with van der Waals surface area (Å²) in [5.74, 6) is 0.120. The number of ether oxygens (including phenoxy) is 1. The van der Waals surface area contributed by atoms with E-state index in [1.165, 1.54) is 32.6 Å². The lowest BCUT2D eigenvalue weighted by Gasteiger charge is -2.14. The van der Waals surface area contributed by atoms with Crippen molar-refractivity contribution in [2.75, 3.05) is 0 Å². The minimum absolute atomic E-state index is 0.107. The molecule has 0 aliphatic heterocycles. The molecule has 0 saturated heterocycles. The topological polar surface area (TPSA) is 43.4 Å². The highest BCUT2D eigenvalue weighted by Gasteiger charge is 2.08. The summed E-state index contributed by atoms with van der Waals surface area (Å²) in [6.45, 7) is 5.20. The molecule has 0 spiro atoms. The summed E-state index contributed by atoms with van der Waals surface area (Å²) in [5, 5.41) is 0. The van der Waals surface area contributed by atoms with Crippen LogP contribution in [-0.2, 0) is 14.3 Å². The molecule has 0 aromatic heterocycles. The lowest BCUT2D eigenvalue weighted by molar-refractivity contribution is -0.146. The second-order valence-corrected chi connectivity index (χ2v) is 6.05. The lowest BCUT2D eigenvalue weighted by Crippen LogP contribution is -2.14. The Morgan fingerprint density at radius 1 is 0.909 bits per heavy atom. The fraction of sp³-hybridized carbons (Fsp3) is 0.789. The summed E-state index contributed by atoms with van der Waals surface area (Å²) in [6.07, 6.45) is 16.4. The van der Waals surface area contributed by atoms with Crippen LogP contribution in [0, 0.1) is 0 Å². The summed E-state index contributed by atoms with van der Waals surface area (Å²) in [5.41, 5.74) is 0. The number of Topliss-reactive ketones (excluding diaryl/α,β-unsaturated/α-hetero) is 1. The van der Waals surface area contributed by atoms with E-state index in [2.05, 4.69) is 19.1 Å². The smallest absolute Gasteiger partial charge is 0.302 e. The molecule has 0 bridgehead atoms. The van der Waals surface area contributed by atoms with Crippen LogP contribution in [-0.4, -0.2) is 17.9 Å². The van der Waals surface area contributed by atoms with Gasteiger partial charge in [-0.25, -0.2) is 0 Å². The Bertz CT molecular complexity index is 321. The van der Waals surface area contributed by atoms with Crippen molar-refractivity contribution in [3.8, 4) is 0 Å². The van der Waals surface area contributed by atoms with Crippen molar-refractivity contribution in [1.29, 1.82) is 0 Å². The molecule has 0 amide bonds. The number of carbonyl (C=O) groups is 2. The fourth-order valence-electron chi connectivity index (χ4n) is 2.45. The first kappa shape index (κ1) is 20.9. The van der Waals surface area contributed by atoms with E-state index in [1.54, 1.807) is 6.92 Å². The molecule has 0 aromatic rings. The first-order chi connectivity index (χ1) is 10.6. The Hall–Kier alpha value is -1.12. The molecule has 0 heterocycles. The number of hydrogen-bond acceptors (Lipinski definition) is 3. The van der Waals surface area contributed by atoms with E-state index in [9.17, 15) is 9.59 Å². The van der Waals surface area contributed by atoms with Crippen molar-refractivity contribution in [1.82, 2.24) is 0 Å². The molecular formula is C19H34O3. The van der Waals surface area contributed by atoms with Crippen LogP contribution in [0.25, 0.3) is 0 Å². The summed E-state index contributed by atoms with van der Waals surface area (Å²) >= 11 is 0. The molecule has 0 aromatic carbocycles. The van der Waals surface area contributed by atoms with Gasteiger partial charge < -0.3 is 9.53 Å². The number of ketones is 1. The van der Waals surface area contributed by atoms with Gasteiger partial charge in [-0.3, -0.25) is 4.79 Å². The number of allylic oxidation sites excluding steroid dienone is 2. The molecule has 0 saturated carbocycles. The minimum Gasteiger partial charge on any atom is -0.463 e. The Labute approximate surface area is 136 Å². The zero-order valence-electron chi connectivity index (χ0n) is 14.7. The lowest BCUT2D eigenvalue weighted by atomic mass is 10.1. The first-order valence-corrected chi connectivity index (χ1v) is 8.88. The van der Waals surface area contributed by atoms with Crippen LogP contribution >= 0.6 is 0 Å². The van der Waals surface area contributed by atoms with Gasteiger partial charge in [-0.05, 0) is 51.9 Å². The quantitative estimate of drug-likeness (QED) is 0.246. The molecule has 0 fully saturated rings. The second kappa shape index (κ2) is 14.8. The molecule has 22 heavy (non-hydrogen) atoms. The standard InChI is InChI=1S/C19H34O3/c1-4-19(22-18(3)21)16-14-12-10-8-6-5-7-9-11-13-15-17(2)20/h7,9,19H,4-6,8,10-16H2,1-3H3/b9-7+. The molecule has 0 rings (SSSR count). The third kappa shape index (κ3) is 15.3. The summed E-state index contributed by atoms with van der Waals surface area (Å²) < 4.78 is 5.24. The van der Waals surface area contributed by atoms with Crippen molar-refractivity contribution >= 4 is 11.8 Å². The predicted molar refractivity (Wildman–Crippen MR) is 91.8 cm³/mol. The number of esters is 1. The van der Waals surface area contributed by atoms with Gasteiger partial charge in [0.1, 0.15) is 11.9 Å². The summed E-state index contributed by atoms with van der Waals surface area (Å²) in [6, 6.07) is 0. The van der Waals surface area contributed by atoms with E-state index in [1.807, 2.05) is 0 Å². The maximum Gasteiger partial charge on any atom is 0.302 e. The number of unbranched alkanes of at least 4 members (excludes halogenated alkanes) is 6. The van der Waals surface area contributed by atoms with Crippen molar-refractivity contribution in [3.63, 3.8) is 0 Å². The van der Waals surface area contributed by atoms with Gasteiger partial charge in [-0.15, -0.1) is 0 Å². The van der Waals surface area contributed by atoms with E-state index in [0.29, 0.717) is 6.42 Å². The molecule has 0 aliphatic carbocycles. The van der Waals surface area contributed by atoms with Crippen LogP contribution < -0.4 is 0 Å². The maximum atomic E-state index is 10.9. The Balaban J connectivity index is 3.34. The molecule has 0 N–H and O–H groups in total. The first-order valence-electron chi connectivity index (χ1n) is 8.88. The van der Waals surface area contributed by atoms with Crippen molar-refractivity contribution in [2.45, 2.75) is 97.5 Å². The van der Waals surface area contributed by atoms with Crippen molar-refractivity contribution in [2.24, 2.45) is 0 Å². The van der Waals surface area contributed by atoms with Crippen LogP contribution in [0.1, 0.15) is 91.4 Å². The van der Waals surface area contributed by atoms with E-state index in [0.717, 1.165) is 38.5 Å². The van der Waals surface area contributed by atoms with Gasteiger partial charge >= 0.3 is 5.97 Å². The largest absolute Gasteiger partial charge is 0.463 e. The molecule has 0 radical (unpaired) electrons. The van der Waals surface area contributed by atoms with E-state index in [4.69, 9.17) is 4.74 Å². The number of hydrogen-bond donors (Lipinski definition) is 0. The Kier molecular flexibility index (Phi) is 14.0. The zero-order chi connectivity index (χ0) is 16.6. The second-order valence-electron chi connectivity index (χ2n) is 6.05. The third-order valence-electron chi connectivity index (χ3n) is 3.75. The van der Waals surface area contributed by atoms with Crippen LogP contribution in [0.5, 0.6) is 0 Å². The average molecular weight is 310 g/mol. The van der Waals surface area contributed by atoms with Gasteiger partial charge in [0.25, 0.3) is 0 Å². The zero-order valence-corrected chi connectivity index (χ0v) is 14.7. The fourth-order valence-corrected chi connectivity index (χ4v) is 2.45. The highest BCUT2D eigenvalue weighted by molar-refractivity contribution is 5.75. The average Bonchev–Trinajstić information content (AvgIpc) is 2.46. The van der Waals surface area contributed by atoms with Gasteiger partial charge in [-0.1, -0.05) is 38.3 Å². The Morgan fingerprint density at radius 3 is 2.09 bits per heavy atom. The van der Waals surface area contributed by atoms with Crippen LogP contribution in [0.4, 0.5) is 0 Å². The van der Waals surface area contributed by atoms with Crippen LogP contribution in [0.2, 0.25) is 0 Å². The van der Waals surface area contributed by atoms with Crippen molar-refractivity contribution < 1.29 is 14.3 Å². The third-order valence-corrected chi connectivity index (χ3v) is 3.75. The van der Waals surface area contributed by atoms with E-state index >= 15 is 0 Å². The maximum absolute atomic E-state index is 10.9. The van der Waals surface area contributed by atoms with Gasteiger partial charge in [0, 0.05) is 13.3 Å². The Morgan fingerprint density at radius 2 is 1.50 bits per heavy atom. The van der Waals surface area contributed by atoms with Gasteiger partial charge in [0.2, 0.25) is 0 Å². The minimum atomic E-state index is -0.165. The molecule has 3 nitrogen and oxygen atoms in total. The molecule has 3 heteroatoms. The predicted octanol–water partition coefficient (Wildman–Crippen LogP) is 5.37. The monoisotopic (exact) mass is 310 g/mol. The van der Waals surface area contributed by atoms with E-state index < -0.39 is 0 Å². The molecule has 0 aliphatic rings. The van der Waals surface area contributed by atoms with Gasteiger partial charge in [-0.2, -0.15) is 0 Å². The molecular weight excluding hydrogens is 276 g/mol. The summed E-state index contributed by atoms with van der Waals surface area (Å²) in [7, 11) is 0. The molecule has 1 atom stereocenters.